The van der Waals surface area contributed by atoms with Gasteiger partial charge in [0.05, 0.1) is 11.4 Å². The van der Waals surface area contributed by atoms with E-state index in [2.05, 4.69) is 63.2 Å². The Bertz CT molecular complexity index is 667. The fraction of sp³-hybridized carbons (Fsp3) is 0.500. The highest BCUT2D eigenvalue weighted by molar-refractivity contribution is 5.66. The van der Waals surface area contributed by atoms with Crippen LogP contribution in [0.5, 0.6) is 0 Å². The zero-order valence-electron chi connectivity index (χ0n) is 13.8. The lowest BCUT2D eigenvalue weighted by atomic mass is 9.98. The van der Waals surface area contributed by atoms with Crippen LogP contribution in [0, 0.1) is 6.92 Å². The first-order chi connectivity index (χ1) is 10.0. The van der Waals surface area contributed by atoms with Crippen molar-refractivity contribution in [1.29, 1.82) is 0 Å². The molecule has 1 aromatic heterocycles. The van der Waals surface area contributed by atoms with Gasteiger partial charge in [0, 0.05) is 24.2 Å². The van der Waals surface area contributed by atoms with Gasteiger partial charge in [-0.05, 0) is 57.5 Å². The molecule has 1 heterocycles. The van der Waals surface area contributed by atoms with E-state index >= 15 is 0 Å². The van der Waals surface area contributed by atoms with Gasteiger partial charge in [-0.2, -0.15) is 5.10 Å². The maximum Gasteiger partial charge on any atom is 0.0713 e. The standard InChI is InChI=1S/C18H25N3/c1-6-15-12(2)19-21(5)18(15)14-8-7-13-9-10-17(20(3)4)16(13)11-14/h7-8,11,17H,6,9-10H2,1-5H3. The van der Waals surface area contributed by atoms with Crippen molar-refractivity contribution in [1.82, 2.24) is 14.7 Å². The first-order valence-electron chi connectivity index (χ1n) is 7.85. The number of aryl methyl sites for hydroxylation is 3. The van der Waals surface area contributed by atoms with Crippen LogP contribution in [0.2, 0.25) is 0 Å². The van der Waals surface area contributed by atoms with Crippen LogP contribution in [0.4, 0.5) is 0 Å². The predicted molar refractivity (Wildman–Crippen MR) is 87.5 cm³/mol. The van der Waals surface area contributed by atoms with Gasteiger partial charge in [0.25, 0.3) is 0 Å². The van der Waals surface area contributed by atoms with E-state index in [-0.39, 0.29) is 0 Å². The summed E-state index contributed by atoms with van der Waals surface area (Å²) in [5.74, 6) is 0. The third-order valence-corrected chi connectivity index (χ3v) is 4.79. The number of hydrogen-bond acceptors (Lipinski definition) is 2. The Morgan fingerprint density at radius 1 is 1.33 bits per heavy atom. The minimum atomic E-state index is 0.555. The number of hydrogen-bond donors (Lipinski definition) is 0. The summed E-state index contributed by atoms with van der Waals surface area (Å²) >= 11 is 0. The number of fused-ring (bicyclic) bond motifs is 1. The van der Waals surface area contributed by atoms with Crippen molar-refractivity contribution >= 4 is 0 Å². The van der Waals surface area contributed by atoms with Gasteiger partial charge in [-0.3, -0.25) is 4.68 Å². The summed E-state index contributed by atoms with van der Waals surface area (Å²) in [6, 6.07) is 7.53. The molecule has 1 aliphatic carbocycles. The van der Waals surface area contributed by atoms with Crippen LogP contribution in [0.1, 0.15) is 41.8 Å². The molecule has 0 aliphatic heterocycles. The van der Waals surface area contributed by atoms with Gasteiger partial charge in [0.15, 0.2) is 0 Å². The average molecular weight is 283 g/mol. The molecule has 0 bridgehead atoms. The summed E-state index contributed by atoms with van der Waals surface area (Å²) in [4.78, 5) is 2.34. The van der Waals surface area contributed by atoms with E-state index in [0.29, 0.717) is 6.04 Å². The van der Waals surface area contributed by atoms with Crippen molar-refractivity contribution in [3.05, 3.63) is 40.6 Å². The van der Waals surface area contributed by atoms with Gasteiger partial charge in [-0.1, -0.05) is 19.1 Å². The zero-order valence-corrected chi connectivity index (χ0v) is 13.8. The minimum Gasteiger partial charge on any atom is -0.302 e. The van der Waals surface area contributed by atoms with Gasteiger partial charge in [0.1, 0.15) is 0 Å². The van der Waals surface area contributed by atoms with Crippen molar-refractivity contribution in [2.75, 3.05) is 14.1 Å². The molecule has 3 nitrogen and oxygen atoms in total. The van der Waals surface area contributed by atoms with Crippen LogP contribution >= 0.6 is 0 Å². The molecule has 0 spiro atoms. The molecule has 0 amide bonds. The summed E-state index contributed by atoms with van der Waals surface area (Å²) in [7, 11) is 6.41. The third-order valence-electron chi connectivity index (χ3n) is 4.79. The molecule has 3 rings (SSSR count). The summed E-state index contributed by atoms with van der Waals surface area (Å²) in [5, 5.41) is 4.61. The van der Waals surface area contributed by atoms with Crippen LogP contribution < -0.4 is 0 Å². The quantitative estimate of drug-likeness (QED) is 0.859. The molecule has 21 heavy (non-hydrogen) atoms. The maximum absolute atomic E-state index is 4.61. The van der Waals surface area contributed by atoms with Crippen molar-refractivity contribution in [2.24, 2.45) is 7.05 Å². The second-order valence-corrected chi connectivity index (χ2v) is 6.32. The molecule has 0 saturated heterocycles. The van der Waals surface area contributed by atoms with E-state index in [1.807, 2.05) is 4.68 Å². The van der Waals surface area contributed by atoms with E-state index in [9.17, 15) is 0 Å². The lowest BCUT2D eigenvalue weighted by Crippen LogP contribution is -2.17. The molecule has 2 aromatic rings. The van der Waals surface area contributed by atoms with Crippen molar-refractivity contribution in [3.8, 4) is 11.3 Å². The van der Waals surface area contributed by atoms with Crippen molar-refractivity contribution < 1.29 is 0 Å². The number of benzene rings is 1. The second-order valence-electron chi connectivity index (χ2n) is 6.32. The summed E-state index contributed by atoms with van der Waals surface area (Å²) in [5.41, 5.74) is 8.12. The minimum absolute atomic E-state index is 0.555. The molecule has 0 N–H and O–H groups in total. The Hall–Kier alpha value is -1.61. The van der Waals surface area contributed by atoms with Gasteiger partial charge < -0.3 is 4.90 Å². The predicted octanol–water partition coefficient (Wildman–Crippen LogP) is 3.51. The lowest BCUT2D eigenvalue weighted by molar-refractivity contribution is 0.299. The maximum atomic E-state index is 4.61. The smallest absolute Gasteiger partial charge is 0.0713 e. The Morgan fingerprint density at radius 3 is 2.76 bits per heavy atom. The van der Waals surface area contributed by atoms with Gasteiger partial charge in [0.2, 0.25) is 0 Å². The highest BCUT2D eigenvalue weighted by Crippen LogP contribution is 2.37. The van der Waals surface area contributed by atoms with E-state index in [0.717, 1.165) is 12.1 Å². The zero-order chi connectivity index (χ0) is 15.1. The Kier molecular flexibility index (Phi) is 3.62. The average Bonchev–Trinajstić information content (AvgIpc) is 2.98. The second kappa shape index (κ2) is 5.30. The highest BCUT2D eigenvalue weighted by Gasteiger charge is 2.25. The van der Waals surface area contributed by atoms with Crippen LogP contribution in [0.3, 0.4) is 0 Å². The fourth-order valence-corrected chi connectivity index (χ4v) is 3.75. The van der Waals surface area contributed by atoms with Gasteiger partial charge in [-0.25, -0.2) is 0 Å². The molecule has 0 saturated carbocycles. The largest absolute Gasteiger partial charge is 0.302 e. The third kappa shape index (κ3) is 2.30. The molecule has 3 heteroatoms. The molecular formula is C18H25N3. The Morgan fingerprint density at radius 2 is 2.10 bits per heavy atom. The molecule has 0 radical (unpaired) electrons. The van der Waals surface area contributed by atoms with Crippen LogP contribution in [-0.4, -0.2) is 28.8 Å². The van der Waals surface area contributed by atoms with Crippen LogP contribution in [-0.2, 0) is 19.9 Å². The summed E-state index contributed by atoms with van der Waals surface area (Å²) in [6.45, 7) is 4.32. The topological polar surface area (TPSA) is 21.1 Å². The highest BCUT2D eigenvalue weighted by atomic mass is 15.3. The fourth-order valence-electron chi connectivity index (χ4n) is 3.75. The van der Waals surface area contributed by atoms with E-state index in [1.165, 1.54) is 40.8 Å². The Labute approximate surface area is 127 Å². The molecule has 112 valence electrons. The molecule has 1 aliphatic rings. The lowest BCUT2D eigenvalue weighted by Gasteiger charge is -2.20. The number of nitrogens with zero attached hydrogens (tertiary/aromatic N) is 3. The first kappa shape index (κ1) is 14.3. The van der Waals surface area contributed by atoms with E-state index < -0.39 is 0 Å². The number of aromatic nitrogens is 2. The molecular weight excluding hydrogens is 258 g/mol. The monoisotopic (exact) mass is 283 g/mol. The summed E-state index contributed by atoms with van der Waals surface area (Å²) in [6.07, 6.45) is 3.46. The summed E-state index contributed by atoms with van der Waals surface area (Å²) < 4.78 is 2.04. The van der Waals surface area contributed by atoms with Crippen LogP contribution in [0.25, 0.3) is 11.3 Å². The normalized spacial score (nSPS) is 17.5. The first-order valence-corrected chi connectivity index (χ1v) is 7.85. The van der Waals surface area contributed by atoms with Gasteiger partial charge in [-0.15, -0.1) is 0 Å². The Balaban J connectivity index is 2.12. The SMILES string of the molecule is CCc1c(C)nn(C)c1-c1ccc2c(c1)C(N(C)C)CC2. The van der Waals surface area contributed by atoms with Crippen molar-refractivity contribution in [2.45, 2.75) is 39.2 Å². The molecule has 1 unspecified atom stereocenters. The molecule has 0 fully saturated rings. The van der Waals surface area contributed by atoms with Crippen molar-refractivity contribution in [3.63, 3.8) is 0 Å². The van der Waals surface area contributed by atoms with Crippen LogP contribution in [0.15, 0.2) is 18.2 Å². The van der Waals surface area contributed by atoms with E-state index in [4.69, 9.17) is 0 Å². The van der Waals surface area contributed by atoms with E-state index in [1.54, 1.807) is 0 Å². The number of rotatable bonds is 3. The van der Waals surface area contributed by atoms with Gasteiger partial charge >= 0.3 is 0 Å². The molecule has 1 aromatic carbocycles. The molecule has 1 atom stereocenters.